The highest BCUT2D eigenvalue weighted by atomic mass is 32.1. The summed E-state index contributed by atoms with van der Waals surface area (Å²) in [5.41, 5.74) is 0.156. The average molecular weight is 279 g/mol. The summed E-state index contributed by atoms with van der Waals surface area (Å²) in [6, 6.07) is 5.72. The smallest absolute Gasteiger partial charge is 0.270 e. The number of pyridine rings is 1. The lowest BCUT2D eigenvalue weighted by Crippen LogP contribution is -2.19. The van der Waals surface area contributed by atoms with Crippen molar-refractivity contribution in [3.63, 3.8) is 0 Å². The second kappa shape index (κ2) is 5.61. The lowest BCUT2D eigenvalue weighted by atomic mass is 10.5. The second-order valence-electron chi connectivity index (χ2n) is 3.23. The van der Waals surface area contributed by atoms with Crippen molar-refractivity contribution in [2.75, 3.05) is 0 Å². The van der Waals surface area contributed by atoms with E-state index in [2.05, 4.69) is 20.3 Å². The second-order valence-corrected chi connectivity index (χ2v) is 4.88. The fraction of sp³-hybridized carbons (Fsp3) is 0.100. The van der Waals surface area contributed by atoms with Gasteiger partial charge >= 0.3 is 0 Å². The Hall–Kier alpha value is -1.93. The minimum Gasteiger partial charge on any atom is -0.270 e. The quantitative estimate of drug-likeness (QED) is 0.633. The molecule has 3 aromatic rings. The number of H-pyrrole nitrogens is 1. The fourth-order valence-electron chi connectivity index (χ4n) is 1.13. The monoisotopic (exact) mass is 279 g/mol. The first-order valence-corrected chi connectivity index (χ1v) is 6.21. The minimum atomic E-state index is -0.202. The zero-order valence-electron chi connectivity index (χ0n) is 9.40. The summed E-state index contributed by atoms with van der Waals surface area (Å²) in [6.45, 7) is 1.61. The van der Waals surface area contributed by atoms with Crippen LogP contribution >= 0.6 is 23.6 Å². The van der Waals surface area contributed by atoms with Crippen LogP contribution in [0.15, 0.2) is 35.4 Å². The summed E-state index contributed by atoms with van der Waals surface area (Å²) in [6.07, 6.45) is 3.50. The number of hydrogen-bond donors (Lipinski definition) is 1. The van der Waals surface area contributed by atoms with Gasteiger partial charge in [-0.2, -0.15) is 4.52 Å². The number of nitrogens with one attached hydrogen (secondary N) is 1. The molecule has 3 heterocycles. The molecule has 3 rings (SSSR count). The zero-order chi connectivity index (χ0) is 13.0. The van der Waals surface area contributed by atoms with Gasteiger partial charge in [-0.25, -0.2) is 0 Å². The molecule has 8 heteroatoms. The molecule has 1 N–H and O–H groups in total. The minimum absolute atomic E-state index is 0.202. The third-order valence-corrected chi connectivity index (χ3v) is 3.01. The highest BCUT2D eigenvalue weighted by Gasteiger charge is 2.03. The molecule has 0 aliphatic rings. The number of fused-ring (bicyclic) bond motifs is 1. The van der Waals surface area contributed by atoms with Crippen molar-refractivity contribution in [2.45, 2.75) is 6.92 Å². The third kappa shape index (κ3) is 2.84. The molecule has 0 aromatic carbocycles. The first-order valence-electron chi connectivity index (χ1n) is 4.98. The van der Waals surface area contributed by atoms with Crippen LogP contribution in [0.5, 0.6) is 0 Å². The van der Waals surface area contributed by atoms with Gasteiger partial charge in [0.1, 0.15) is 5.69 Å². The highest BCUT2D eigenvalue weighted by molar-refractivity contribution is 7.73. The topological polar surface area (TPSA) is 75.9 Å². The van der Waals surface area contributed by atoms with Crippen LogP contribution in [-0.2, 0) is 0 Å². The Bertz CT molecular complexity index is 719. The Morgan fingerprint density at radius 3 is 2.56 bits per heavy atom. The SMILES string of the molecule is Cc1nnc2sc(=S)[nH]n2c1=O.c1ccncc1. The molecule has 0 unspecified atom stereocenters. The molecule has 0 saturated heterocycles. The van der Waals surface area contributed by atoms with E-state index in [4.69, 9.17) is 12.2 Å². The predicted octanol–water partition coefficient (Wildman–Crippen LogP) is 1.60. The fourth-order valence-corrected chi connectivity index (χ4v) is 2.05. The van der Waals surface area contributed by atoms with Crippen LogP contribution in [0.3, 0.4) is 0 Å². The van der Waals surface area contributed by atoms with Gasteiger partial charge in [0.15, 0.2) is 3.95 Å². The molecule has 0 radical (unpaired) electrons. The highest BCUT2D eigenvalue weighted by Crippen LogP contribution is 2.03. The van der Waals surface area contributed by atoms with Gasteiger partial charge in [-0.1, -0.05) is 17.4 Å². The van der Waals surface area contributed by atoms with Crippen LogP contribution in [0.25, 0.3) is 4.96 Å². The van der Waals surface area contributed by atoms with Gasteiger partial charge in [-0.3, -0.25) is 14.9 Å². The van der Waals surface area contributed by atoms with Gasteiger partial charge in [0.25, 0.3) is 5.56 Å². The standard InChI is InChI=1S/C5H4N4OS2.C5H5N/c1-2-3(10)9-4(7-6-2)12-5(11)8-9;1-2-4-6-5-3-1/h1H3,(H,8,11);1-5H. The largest absolute Gasteiger partial charge is 0.295 e. The van der Waals surface area contributed by atoms with Crippen molar-refractivity contribution in [2.24, 2.45) is 0 Å². The first kappa shape index (κ1) is 12.5. The van der Waals surface area contributed by atoms with Gasteiger partial charge in [-0.05, 0) is 31.3 Å². The first-order chi connectivity index (χ1) is 8.68. The van der Waals surface area contributed by atoms with Crippen LogP contribution < -0.4 is 5.56 Å². The van der Waals surface area contributed by atoms with E-state index in [0.29, 0.717) is 14.6 Å². The van der Waals surface area contributed by atoms with Crippen LogP contribution in [0, 0.1) is 10.9 Å². The summed E-state index contributed by atoms with van der Waals surface area (Å²) in [5, 5.41) is 10.2. The molecule has 0 aliphatic heterocycles. The van der Waals surface area contributed by atoms with E-state index >= 15 is 0 Å². The molecule has 18 heavy (non-hydrogen) atoms. The molecule has 3 aromatic heterocycles. The van der Waals surface area contributed by atoms with Crippen molar-refractivity contribution >= 4 is 28.5 Å². The molecule has 0 bridgehead atoms. The van der Waals surface area contributed by atoms with E-state index < -0.39 is 0 Å². The Labute approximate surface area is 111 Å². The van der Waals surface area contributed by atoms with E-state index in [9.17, 15) is 4.79 Å². The number of rotatable bonds is 0. The summed E-state index contributed by atoms with van der Waals surface area (Å²) in [5.74, 6) is 0. The van der Waals surface area contributed by atoms with E-state index in [0.717, 1.165) is 0 Å². The van der Waals surface area contributed by atoms with E-state index in [1.165, 1.54) is 15.9 Å². The number of aromatic nitrogens is 5. The molecular formula is C10H9N5OS2. The van der Waals surface area contributed by atoms with Gasteiger partial charge in [0.2, 0.25) is 4.96 Å². The van der Waals surface area contributed by atoms with E-state index in [-0.39, 0.29) is 5.56 Å². The molecule has 0 aliphatic carbocycles. The van der Waals surface area contributed by atoms with Gasteiger partial charge in [0.05, 0.1) is 0 Å². The van der Waals surface area contributed by atoms with Crippen molar-refractivity contribution < 1.29 is 0 Å². The summed E-state index contributed by atoms with van der Waals surface area (Å²) in [4.78, 5) is 15.6. The maximum Gasteiger partial charge on any atom is 0.295 e. The number of hydrogen-bond acceptors (Lipinski definition) is 6. The van der Waals surface area contributed by atoms with Crippen molar-refractivity contribution in [3.8, 4) is 0 Å². The van der Waals surface area contributed by atoms with Crippen LogP contribution in [0.2, 0.25) is 0 Å². The predicted molar refractivity (Wildman–Crippen MR) is 71.3 cm³/mol. The third-order valence-electron chi connectivity index (χ3n) is 1.94. The summed E-state index contributed by atoms with van der Waals surface area (Å²) >= 11 is 6.07. The summed E-state index contributed by atoms with van der Waals surface area (Å²) < 4.78 is 1.82. The maximum atomic E-state index is 11.3. The number of aromatic amines is 1. The Balaban J connectivity index is 0.000000169. The van der Waals surface area contributed by atoms with Crippen LogP contribution in [0.4, 0.5) is 0 Å². The lowest BCUT2D eigenvalue weighted by Gasteiger charge is -1.89. The molecule has 0 fully saturated rings. The molecular weight excluding hydrogens is 270 g/mol. The zero-order valence-corrected chi connectivity index (χ0v) is 11.0. The maximum absolute atomic E-state index is 11.3. The Morgan fingerprint density at radius 1 is 1.28 bits per heavy atom. The van der Waals surface area contributed by atoms with Gasteiger partial charge in [-0.15, -0.1) is 10.2 Å². The molecule has 0 amide bonds. The van der Waals surface area contributed by atoms with Gasteiger partial charge < -0.3 is 0 Å². The van der Waals surface area contributed by atoms with Crippen molar-refractivity contribution in [3.05, 3.63) is 50.6 Å². The normalized spacial score (nSPS) is 9.83. The molecule has 0 atom stereocenters. The molecule has 6 nitrogen and oxygen atoms in total. The van der Waals surface area contributed by atoms with Crippen molar-refractivity contribution in [1.82, 2.24) is 24.8 Å². The molecule has 0 spiro atoms. The lowest BCUT2D eigenvalue weighted by molar-refractivity contribution is 0.824. The number of aryl methyl sites for hydroxylation is 1. The molecule has 92 valence electrons. The Kier molecular flexibility index (Phi) is 3.90. The van der Waals surface area contributed by atoms with Crippen LogP contribution in [-0.4, -0.2) is 24.8 Å². The van der Waals surface area contributed by atoms with Crippen molar-refractivity contribution in [1.29, 1.82) is 0 Å². The molecule has 0 saturated carbocycles. The van der Waals surface area contributed by atoms with Gasteiger partial charge in [0, 0.05) is 12.4 Å². The van der Waals surface area contributed by atoms with Crippen LogP contribution in [0.1, 0.15) is 5.69 Å². The van der Waals surface area contributed by atoms with E-state index in [1.54, 1.807) is 19.3 Å². The van der Waals surface area contributed by atoms with E-state index in [1.807, 2.05) is 18.2 Å². The number of nitrogens with zero attached hydrogens (tertiary/aromatic N) is 4. The summed E-state index contributed by atoms with van der Waals surface area (Å²) in [7, 11) is 0. The Morgan fingerprint density at radius 2 is 2.00 bits per heavy atom. The average Bonchev–Trinajstić information content (AvgIpc) is 2.79.